The SMILES string of the molecule is COC1COCCN(C(=O)c2cccnc2)C1. The summed E-state index contributed by atoms with van der Waals surface area (Å²) in [4.78, 5) is 17.9. The van der Waals surface area contributed by atoms with Crippen LogP contribution in [-0.2, 0) is 9.47 Å². The van der Waals surface area contributed by atoms with E-state index in [9.17, 15) is 4.79 Å². The fourth-order valence-electron chi connectivity index (χ4n) is 1.78. The van der Waals surface area contributed by atoms with E-state index in [-0.39, 0.29) is 12.0 Å². The molecule has 1 aromatic rings. The summed E-state index contributed by atoms with van der Waals surface area (Å²) in [5.74, 6) is -0.0225. The fraction of sp³-hybridized carbons (Fsp3) is 0.500. The topological polar surface area (TPSA) is 51.7 Å². The number of nitrogens with zero attached hydrogens (tertiary/aromatic N) is 2. The highest BCUT2D eigenvalue weighted by Crippen LogP contribution is 2.08. The van der Waals surface area contributed by atoms with Crippen molar-refractivity contribution in [3.8, 4) is 0 Å². The average Bonchev–Trinajstić information content (AvgIpc) is 2.64. The largest absolute Gasteiger partial charge is 0.377 e. The summed E-state index contributed by atoms with van der Waals surface area (Å²) in [6, 6.07) is 3.53. The smallest absolute Gasteiger partial charge is 0.255 e. The van der Waals surface area contributed by atoms with Crippen LogP contribution in [0.5, 0.6) is 0 Å². The van der Waals surface area contributed by atoms with Gasteiger partial charge in [-0.15, -0.1) is 0 Å². The maximum atomic E-state index is 12.2. The molecule has 1 amide bonds. The molecule has 2 rings (SSSR count). The molecule has 1 aromatic heterocycles. The summed E-state index contributed by atoms with van der Waals surface area (Å²) in [6.45, 7) is 2.23. The third-order valence-electron chi connectivity index (χ3n) is 2.76. The number of carbonyl (C=O) groups excluding carboxylic acids is 1. The lowest BCUT2D eigenvalue weighted by Gasteiger charge is -2.22. The van der Waals surface area contributed by atoms with Gasteiger partial charge in [0.15, 0.2) is 0 Å². The van der Waals surface area contributed by atoms with Crippen molar-refractivity contribution in [1.29, 1.82) is 0 Å². The number of carbonyl (C=O) groups is 1. The minimum atomic E-state index is -0.0573. The Bertz CT molecular complexity index is 369. The number of hydrogen-bond donors (Lipinski definition) is 0. The van der Waals surface area contributed by atoms with E-state index >= 15 is 0 Å². The van der Waals surface area contributed by atoms with Gasteiger partial charge in [0.05, 0.1) is 24.9 Å². The molecule has 2 heterocycles. The lowest BCUT2D eigenvalue weighted by molar-refractivity contribution is 0.0225. The number of amides is 1. The quantitative estimate of drug-likeness (QED) is 0.753. The van der Waals surface area contributed by atoms with Crippen molar-refractivity contribution in [2.24, 2.45) is 0 Å². The van der Waals surface area contributed by atoms with E-state index in [2.05, 4.69) is 4.98 Å². The summed E-state index contributed by atoms with van der Waals surface area (Å²) in [7, 11) is 1.63. The second-order valence-corrected chi connectivity index (χ2v) is 3.93. The molecule has 0 spiro atoms. The Morgan fingerprint density at radius 3 is 3.24 bits per heavy atom. The standard InChI is InChI=1S/C12H16N2O3/c1-16-11-8-14(5-6-17-9-11)12(15)10-3-2-4-13-7-10/h2-4,7,11H,5-6,8-9H2,1H3. The van der Waals surface area contributed by atoms with Gasteiger partial charge in [0, 0.05) is 32.6 Å². The van der Waals surface area contributed by atoms with Crippen LogP contribution in [0.25, 0.3) is 0 Å². The summed E-state index contributed by atoms with van der Waals surface area (Å²) in [5.41, 5.74) is 0.601. The Labute approximate surface area is 100 Å². The third kappa shape index (κ3) is 3.01. The van der Waals surface area contributed by atoms with Gasteiger partial charge in [0.1, 0.15) is 0 Å². The van der Waals surface area contributed by atoms with E-state index in [1.54, 1.807) is 36.5 Å². The lowest BCUT2D eigenvalue weighted by Crippen LogP contribution is -2.38. The van der Waals surface area contributed by atoms with Gasteiger partial charge in [-0.25, -0.2) is 0 Å². The molecule has 5 nitrogen and oxygen atoms in total. The Morgan fingerprint density at radius 1 is 1.65 bits per heavy atom. The molecule has 1 saturated heterocycles. The van der Waals surface area contributed by atoms with Gasteiger partial charge in [0.2, 0.25) is 0 Å². The molecule has 1 aliphatic heterocycles. The maximum absolute atomic E-state index is 12.2. The van der Waals surface area contributed by atoms with E-state index in [0.717, 1.165) is 0 Å². The predicted octanol–water partition coefficient (Wildman–Crippen LogP) is 0.569. The average molecular weight is 236 g/mol. The Hall–Kier alpha value is -1.46. The predicted molar refractivity (Wildman–Crippen MR) is 61.8 cm³/mol. The number of methoxy groups -OCH3 is 1. The van der Waals surface area contributed by atoms with Crippen LogP contribution < -0.4 is 0 Å². The minimum absolute atomic E-state index is 0.0225. The zero-order chi connectivity index (χ0) is 12.1. The zero-order valence-corrected chi connectivity index (χ0v) is 9.83. The van der Waals surface area contributed by atoms with Crippen molar-refractivity contribution in [1.82, 2.24) is 9.88 Å². The molecule has 1 unspecified atom stereocenters. The van der Waals surface area contributed by atoms with E-state index < -0.39 is 0 Å². The first kappa shape index (κ1) is 12.0. The van der Waals surface area contributed by atoms with E-state index in [1.165, 1.54) is 0 Å². The molecular weight excluding hydrogens is 220 g/mol. The molecule has 1 aliphatic rings. The molecule has 1 fully saturated rings. The minimum Gasteiger partial charge on any atom is -0.377 e. The number of ether oxygens (including phenoxy) is 2. The summed E-state index contributed by atoms with van der Waals surface area (Å²) >= 11 is 0. The second kappa shape index (κ2) is 5.75. The summed E-state index contributed by atoms with van der Waals surface area (Å²) < 4.78 is 10.6. The second-order valence-electron chi connectivity index (χ2n) is 3.93. The Balaban J connectivity index is 2.08. The van der Waals surface area contributed by atoms with Crippen LogP contribution in [0.15, 0.2) is 24.5 Å². The molecule has 17 heavy (non-hydrogen) atoms. The number of rotatable bonds is 2. The van der Waals surface area contributed by atoms with Crippen molar-refractivity contribution in [2.75, 3.05) is 33.4 Å². The molecule has 0 bridgehead atoms. The van der Waals surface area contributed by atoms with Gasteiger partial charge in [-0.05, 0) is 12.1 Å². The molecule has 0 radical (unpaired) electrons. The molecule has 0 aliphatic carbocycles. The van der Waals surface area contributed by atoms with Crippen LogP contribution in [-0.4, -0.2) is 55.3 Å². The zero-order valence-electron chi connectivity index (χ0n) is 9.83. The molecule has 92 valence electrons. The monoisotopic (exact) mass is 236 g/mol. The van der Waals surface area contributed by atoms with E-state index in [4.69, 9.17) is 9.47 Å². The molecule has 0 aromatic carbocycles. The van der Waals surface area contributed by atoms with Crippen molar-refractivity contribution in [3.63, 3.8) is 0 Å². The van der Waals surface area contributed by atoms with Crippen LogP contribution in [0.4, 0.5) is 0 Å². The molecule has 0 saturated carbocycles. The van der Waals surface area contributed by atoms with Gasteiger partial charge in [-0.2, -0.15) is 0 Å². The van der Waals surface area contributed by atoms with Gasteiger partial charge in [0.25, 0.3) is 5.91 Å². The van der Waals surface area contributed by atoms with Crippen LogP contribution in [0.3, 0.4) is 0 Å². The highest BCUT2D eigenvalue weighted by molar-refractivity contribution is 5.93. The van der Waals surface area contributed by atoms with Crippen molar-refractivity contribution in [2.45, 2.75) is 6.10 Å². The molecular formula is C12H16N2O3. The highest BCUT2D eigenvalue weighted by Gasteiger charge is 2.23. The van der Waals surface area contributed by atoms with Gasteiger partial charge in [-0.3, -0.25) is 9.78 Å². The molecule has 1 atom stereocenters. The van der Waals surface area contributed by atoms with Crippen molar-refractivity contribution < 1.29 is 14.3 Å². The van der Waals surface area contributed by atoms with Gasteiger partial charge >= 0.3 is 0 Å². The summed E-state index contributed by atoms with van der Waals surface area (Å²) in [5, 5.41) is 0. The third-order valence-corrected chi connectivity index (χ3v) is 2.76. The highest BCUT2D eigenvalue weighted by atomic mass is 16.5. The lowest BCUT2D eigenvalue weighted by atomic mass is 10.2. The van der Waals surface area contributed by atoms with Crippen LogP contribution >= 0.6 is 0 Å². The Morgan fingerprint density at radius 2 is 2.53 bits per heavy atom. The number of pyridine rings is 1. The van der Waals surface area contributed by atoms with Gasteiger partial charge in [-0.1, -0.05) is 0 Å². The van der Waals surface area contributed by atoms with Crippen LogP contribution in [0.1, 0.15) is 10.4 Å². The molecule has 5 heteroatoms. The first-order valence-corrected chi connectivity index (χ1v) is 5.61. The normalized spacial score (nSPS) is 21.0. The van der Waals surface area contributed by atoms with Crippen LogP contribution in [0.2, 0.25) is 0 Å². The number of hydrogen-bond acceptors (Lipinski definition) is 4. The Kier molecular flexibility index (Phi) is 4.06. The summed E-state index contributed by atoms with van der Waals surface area (Å²) in [6.07, 6.45) is 3.18. The van der Waals surface area contributed by atoms with Crippen LogP contribution in [0, 0.1) is 0 Å². The molecule has 0 N–H and O–H groups in total. The first-order valence-electron chi connectivity index (χ1n) is 5.61. The van der Waals surface area contributed by atoms with Gasteiger partial charge < -0.3 is 14.4 Å². The van der Waals surface area contributed by atoms with E-state index in [1.807, 2.05) is 0 Å². The van der Waals surface area contributed by atoms with E-state index in [0.29, 0.717) is 31.9 Å². The first-order chi connectivity index (χ1) is 8.31. The van der Waals surface area contributed by atoms with Crippen molar-refractivity contribution >= 4 is 5.91 Å². The number of aromatic nitrogens is 1. The maximum Gasteiger partial charge on any atom is 0.255 e. The fourth-order valence-corrected chi connectivity index (χ4v) is 1.78. The van der Waals surface area contributed by atoms with Crippen molar-refractivity contribution in [3.05, 3.63) is 30.1 Å².